The van der Waals surface area contributed by atoms with Gasteiger partial charge in [0.05, 0.1) is 0 Å². The molecule has 0 amide bonds. The van der Waals surface area contributed by atoms with Gasteiger partial charge in [-0.2, -0.15) is 0 Å². The summed E-state index contributed by atoms with van der Waals surface area (Å²) in [5.41, 5.74) is -2.95. The second-order valence-electron chi connectivity index (χ2n) is 2.56. The van der Waals surface area contributed by atoms with E-state index in [1.54, 1.807) is 4.98 Å². The summed E-state index contributed by atoms with van der Waals surface area (Å²) in [4.78, 5) is 11.5. The number of rotatable bonds is 2. The highest BCUT2D eigenvalue weighted by Crippen LogP contribution is 2.17. The van der Waals surface area contributed by atoms with Crippen LogP contribution in [0.25, 0.3) is 0 Å². The number of halogens is 3. The van der Waals surface area contributed by atoms with E-state index in [9.17, 15) is 26.4 Å². The van der Waals surface area contributed by atoms with Gasteiger partial charge in [0, 0.05) is 6.20 Å². The van der Waals surface area contributed by atoms with Gasteiger partial charge in [0.1, 0.15) is 10.6 Å². The van der Waals surface area contributed by atoms with Crippen molar-refractivity contribution in [3.63, 3.8) is 0 Å². The monoisotopic (exact) mass is 242 g/mol. The van der Waals surface area contributed by atoms with Gasteiger partial charge in [0.2, 0.25) is 15.5 Å². The first-order chi connectivity index (χ1) is 6.75. The van der Waals surface area contributed by atoms with E-state index in [2.05, 4.69) is 5.14 Å². The zero-order valence-corrected chi connectivity index (χ0v) is 7.82. The molecule has 3 N–H and O–H groups in total. The van der Waals surface area contributed by atoms with Gasteiger partial charge in [-0.3, -0.25) is 4.79 Å². The van der Waals surface area contributed by atoms with E-state index in [-0.39, 0.29) is 0 Å². The van der Waals surface area contributed by atoms with Gasteiger partial charge in [-0.25, -0.2) is 26.7 Å². The highest BCUT2D eigenvalue weighted by molar-refractivity contribution is 7.89. The molecule has 0 aliphatic rings. The number of nitrogens with two attached hydrogens (primary N) is 1. The van der Waals surface area contributed by atoms with Crippen LogP contribution in [0.3, 0.4) is 0 Å². The predicted molar refractivity (Wildman–Crippen MR) is 43.4 cm³/mol. The van der Waals surface area contributed by atoms with Crippen LogP contribution in [0.4, 0.5) is 13.2 Å². The van der Waals surface area contributed by atoms with Crippen molar-refractivity contribution < 1.29 is 21.6 Å². The lowest BCUT2D eigenvalue weighted by molar-refractivity contribution is 0.140. The summed E-state index contributed by atoms with van der Waals surface area (Å²) in [7, 11) is -4.43. The molecule has 84 valence electrons. The van der Waals surface area contributed by atoms with E-state index < -0.39 is 38.3 Å². The normalized spacial score (nSPS) is 12.1. The number of hydrogen-bond acceptors (Lipinski definition) is 3. The number of pyridine rings is 1. The molecular formula is C6H5F3N2O3S. The summed E-state index contributed by atoms with van der Waals surface area (Å²) in [6.45, 7) is 0. The number of nitrogens with one attached hydrogen (secondary N) is 1. The van der Waals surface area contributed by atoms with Crippen molar-refractivity contribution in [2.24, 2.45) is 5.14 Å². The van der Waals surface area contributed by atoms with E-state index in [0.29, 0.717) is 6.20 Å². The van der Waals surface area contributed by atoms with Crippen LogP contribution in [0.5, 0.6) is 0 Å². The van der Waals surface area contributed by atoms with E-state index in [1.807, 2.05) is 0 Å². The summed E-state index contributed by atoms with van der Waals surface area (Å²) in [5.74, 6) is -1.85. The number of primary sulfonamides is 1. The minimum Gasteiger partial charge on any atom is -0.356 e. The Morgan fingerprint density at radius 3 is 2.33 bits per heavy atom. The summed E-state index contributed by atoms with van der Waals surface area (Å²) < 4.78 is 58.4. The van der Waals surface area contributed by atoms with Crippen LogP contribution in [0, 0.1) is 5.82 Å². The summed E-state index contributed by atoms with van der Waals surface area (Å²) in [5, 5.41) is 4.55. The Bertz CT molecular complexity index is 537. The zero-order valence-electron chi connectivity index (χ0n) is 7.00. The smallest absolute Gasteiger partial charge is 0.281 e. The average molecular weight is 242 g/mol. The number of aromatic amines is 1. The number of aromatic nitrogens is 1. The molecule has 0 radical (unpaired) electrons. The molecule has 1 heterocycles. The Kier molecular flexibility index (Phi) is 2.86. The van der Waals surface area contributed by atoms with E-state index >= 15 is 0 Å². The van der Waals surface area contributed by atoms with E-state index in [1.165, 1.54) is 0 Å². The van der Waals surface area contributed by atoms with Crippen LogP contribution < -0.4 is 10.6 Å². The third-order valence-electron chi connectivity index (χ3n) is 1.54. The van der Waals surface area contributed by atoms with Crippen molar-refractivity contribution in [1.82, 2.24) is 4.98 Å². The Balaban J connectivity index is 3.56. The Hall–Kier alpha value is -1.35. The maximum atomic E-state index is 12.9. The Labute approximate surface area is 81.8 Å². The lowest BCUT2D eigenvalue weighted by Crippen LogP contribution is -2.25. The molecule has 0 fully saturated rings. The van der Waals surface area contributed by atoms with Gasteiger partial charge in [0.25, 0.3) is 6.43 Å². The SMILES string of the molecule is NS(=O)(=O)c1c[nH]c(C(F)F)c(F)c1=O. The lowest BCUT2D eigenvalue weighted by atomic mass is 10.3. The number of H-pyrrole nitrogens is 1. The number of alkyl halides is 2. The van der Waals surface area contributed by atoms with Crippen LogP contribution in [0.1, 0.15) is 12.1 Å². The molecule has 0 saturated carbocycles. The first kappa shape index (κ1) is 11.7. The minimum atomic E-state index is -4.43. The predicted octanol–water partition coefficient (Wildman–Crippen LogP) is 0.0990. The largest absolute Gasteiger partial charge is 0.356 e. The first-order valence-corrected chi connectivity index (χ1v) is 5.02. The van der Waals surface area contributed by atoms with Crippen LogP contribution in [0.2, 0.25) is 0 Å². The third kappa shape index (κ3) is 2.18. The van der Waals surface area contributed by atoms with Crippen molar-refractivity contribution in [3.8, 4) is 0 Å². The molecule has 1 rings (SSSR count). The molecule has 9 heteroatoms. The zero-order chi connectivity index (χ0) is 11.8. The molecule has 5 nitrogen and oxygen atoms in total. The van der Waals surface area contributed by atoms with Gasteiger partial charge in [-0.1, -0.05) is 0 Å². The van der Waals surface area contributed by atoms with Gasteiger partial charge in [-0.15, -0.1) is 0 Å². The molecule has 1 aromatic rings. The van der Waals surface area contributed by atoms with Crippen molar-refractivity contribution in [3.05, 3.63) is 27.9 Å². The third-order valence-corrected chi connectivity index (χ3v) is 2.46. The molecule has 0 bridgehead atoms. The van der Waals surface area contributed by atoms with E-state index in [4.69, 9.17) is 0 Å². The summed E-state index contributed by atoms with van der Waals surface area (Å²) in [6, 6.07) is 0. The Morgan fingerprint density at radius 1 is 1.40 bits per heavy atom. The number of hydrogen-bond donors (Lipinski definition) is 2. The van der Waals surface area contributed by atoms with E-state index in [0.717, 1.165) is 0 Å². The fourth-order valence-corrected chi connectivity index (χ4v) is 1.44. The van der Waals surface area contributed by atoms with Gasteiger partial charge in [0.15, 0.2) is 5.82 Å². The Morgan fingerprint density at radius 2 is 1.93 bits per heavy atom. The first-order valence-electron chi connectivity index (χ1n) is 3.47. The highest BCUT2D eigenvalue weighted by Gasteiger charge is 2.22. The molecule has 0 atom stereocenters. The van der Waals surface area contributed by atoms with Crippen LogP contribution in [-0.2, 0) is 10.0 Å². The average Bonchev–Trinajstić information content (AvgIpc) is 2.06. The quantitative estimate of drug-likeness (QED) is 0.770. The molecular weight excluding hydrogens is 237 g/mol. The highest BCUT2D eigenvalue weighted by atomic mass is 32.2. The maximum Gasteiger partial charge on any atom is 0.281 e. The maximum absolute atomic E-state index is 12.9. The van der Waals surface area contributed by atoms with Gasteiger partial charge in [-0.05, 0) is 0 Å². The molecule has 0 aliphatic carbocycles. The molecule has 0 aliphatic heterocycles. The fourth-order valence-electron chi connectivity index (χ4n) is 0.873. The summed E-state index contributed by atoms with van der Waals surface area (Å²) >= 11 is 0. The van der Waals surface area contributed by atoms with Gasteiger partial charge < -0.3 is 4.98 Å². The summed E-state index contributed by atoms with van der Waals surface area (Å²) in [6.07, 6.45) is -2.81. The van der Waals surface area contributed by atoms with Crippen molar-refractivity contribution in [2.45, 2.75) is 11.3 Å². The molecule has 1 aromatic heterocycles. The molecule has 0 spiro atoms. The second kappa shape index (κ2) is 3.66. The number of sulfonamides is 1. The van der Waals surface area contributed by atoms with Crippen molar-refractivity contribution >= 4 is 10.0 Å². The van der Waals surface area contributed by atoms with Gasteiger partial charge >= 0.3 is 0 Å². The standard InChI is InChI=1S/C6H5F3N2O3S/c7-3-4(6(8)9)11-1-2(5(3)12)15(10,13)14/h1,6H,(H,11,12)(H2,10,13,14). The molecule has 0 unspecified atom stereocenters. The van der Waals surface area contributed by atoms with Crippen LogP contribution >= 0.6 is 0 Å². The fraction of sp³-hybridized carbons (Fsp3) is 0.167. The van der Waals surface area contributed by atoms with Crippen molar-refractivity contribution in [2.75, 3.05) is 0 Å². The molecule has 0 saturated heterocycles. The second-order valence-corrected chi connectivity index (χ2v) is 4.09. The molecule has 15 heavy (non-hydrogen) atoms. The van der Waals surface area contributed by atoms with Crippen LogP contribution in [-0.4, -0.2) is 13.4 Å². The van der Waals surface area contributed by atoms with Crippen LogP contribution in [0.15, 0.2) is 15.9 Å². The van der Waals surface area contributed by atoms with Crippen molar-refractivity contribution in [1.29, 1.82) is 0 Å². The minimum absolute atomic E-state index is 0.433. The lowest BCUT2D eigenvalue weighted by Gasteiger charge is -2.03. The molecule has 0 aromatic carbocycles. The topological polar surface area (TPSA) is 93.0 Å².